The normalized spacial score (nSPS) is 22.9. The summed E-state index contributed by atoms with van der Waals surface area (Å²) in [5.74, 6) is -0.00190. The van der Waals surface area contributed by atoms with Gasteiger partial charge in [0.05, 0.1) is 6.54 Å². The SMILES string of the molecule is CNC(=O)CNC1CC(N)c2ccccc21. The molecule has 1 aliphatic rings. The summed E-state index contributed by atoms with van der Waals surface area (Å²) in [6.45, 7) is 0.336. The number of hydrogen-bond acceptors (Lipinski definition) is 3. The van der Waals surface area contributed by atoms with Gasteiger partial charge >= 0.3 is 0 Å². The molecule has 4 nitrogen and oxygen atoms in total. The summed E-state index contributed by atoms with van der Waals surface area (Å²) in [7, 11) is 1.64. The van der Waals surface area contributed by atoms with E-state index in [9.17, 15) is 4.79 Å². The highest BCUT2D eigenvalue weighted by atomic mass is 16.1. The van der Waals surface area contributed by atoms with Crippen molar-refractivity contribution in [3.8, 4) is 0 Å². The maximum absolute atomic E-state index is 11.2. The van der Waals surface area contributed by atoms with Crippen LogP contribution in [0.1, 0.15) is 29.6 Å². The fourth-order valence-corrected chi connectivity index (χ4v) is 2.17. The molecule has 0 saturated carbocycles. The Balaban J connectivity index is 2.06. The molecule has 0 spiro atoms. The van der Waals surface area contributed by atoms with Crippen LogP contribution < -0.4 is 16.4 Å². The zero-order valence-corrected chi connectivity index (χ0v) is 9.36. The first-order valence-electron chi connectivity index (χ1n) is 5.50. The lowest BCUT2D eigenvalue weighted by atomic mass is 10.1. The van der Waals surface area contributed by atoms with Gasteiger partial charge in [0.15, 0.2) is 0 Å². The Morgan fingerprint density at radius 1 is 1.44 bits per heavy atom. The van der Waals surface area contributed by atoms with Crippen molar-refractivity contribution in [1.29, 1.82) is 0 Å². The molecule has 0 radical (unpaired) electrons. The minimum atomic E-state index is -0.00190. The van der Waals surface area contributed by atoms with E-state index >= 15 is 0 Å². The molecule has 1 aliphatic carbocycles. The number of benzene rings is 1. The number of likely N-dealkylation sites (N-methyl/N-ethyl adjacent to an activating group) is 1. The summed E-state index contributed by atoms with van der Waals surface area (Å²) in [5, 5.41) is 5.82. The maximum Gasteiger partial charge on any atom is 0.233 e. The van der Waals surface area contributed by atoms with Gasteiger partial charge in [-0.3, -0.25) is 4.79 Å². The molecule has 1 aromatic rings. The van der Waals surface area contributed by atoms with E-state index < -0.39 is 0 Å². The smallest absolute Gasteiger partial charge is 0.233 e. The largest absolute Gasteiger partial charge is 0.358 e. The molecule has 16 heavy (non-hydrogen) atoms. The first-order valence-corrected chi connectivity index (χ1v) is 5.50. The van der Waals surface area contributed by atoms with Gasteiger partial charge in [-0.25, -0.2) is 0 Å². The highest BCUT2D eigenvalue weighted by Gasteiger charge is 2.27. The van der Waals surface area contributed by atoms with Gasteiger partial charge in [0.25, 0.3) is 0 Å². The number of amides is 1. The summed E-state index contributed by atoms with van der Waals surface area (Å²) >= 11 is 0. The Labute approximate surface area is 95.2 Å². The monoisotopic (exact) mass is 219 g/mol. The summed E-state index contributed by atoms with van der Waals surface area (Å²) in [6, 6.07) is 8.41. The number of carbonyl (C=O) groups is 1. The summed E-state index contributed by atoms with van der Waals surface area (Å²) in [6.07, 6.45) is 0.857. The second kappa shape index (κ2) is 4.63. The van der Waals surface area contributed by atoms with E-state index in [-0.39, 0.29) is 18.0 Å². The average molecular weight is 219 g/mol. The van der Waals surface area contributed by atoms with Gasteiger partial charge < -0.3 is 16.4 Å². The van der Waals surface area contributed by atoms with Crippen molar-refractivity contribution in [2.24, 2.45) is 5.73 Å². The third kappa shape index (κ3) is 2.08. The molecular formula is C12H17N3O. The van der Waals surface area contributed by atoms with Crippen molar-refractivity contribution < 1.29 is 4.79 Å². The molecule has 0 fully saturated rings. The van der Waals surface area contributed by atoms with Gasteiger partial charge in [-0.05, 0) is 17.5 Å². The quantitative estimate of drug-likeness (QED) is 0.692. The van der Waals surface area contributed by atoms with Crippen LogP contribution in [0.25, 0.3) is 0 Å². The zero-order valence-electron chi connectivity index (χ0n) is 9.36. The summed E-state index contributed by atoms with van der Waals surface area (Å²) in [4.78, 5) is 11.2. The van der Waals surface area contributed by atoms with E-state index in [1.165, 1.54) is 11.1 Å². The molecule has 0 saturated heterocycles. The van der Waals surface area contributed by atoms with E-state index in [0.717, 1.165) is 6.42 Å². The maximum atomic E-state index is 11.2. The van der Waals surface area contributed by atoms with E-state index in [1.807, 2.05) is 12.1 Å². The van der Waals surface area contributed by atoms with E-state index in [1.54, 1.807) is 7.05 Å². The molecule has 0 aliphatic heterocycles. The lowest BCUT2D eigenvalue weighted by Gasteiger charge is -2.12. The average Bonchev–Trinajstić information content (AvgIpc) is 2.64. The van der Waals surface area contributed by atoms with Crippen LogP contribution in [0.4, 0.5) is 0 Å². The molecule has 2 atom stereocenters. The zero-order chi connectivity index (χ0) is 11.5. The second-order valence-electron chi connectivity index (χ2n) is 4.08. The second-order valence-corrected chi connectivity index (χ2v) is 4.08. The number of nitrogens with one attached hydrogen (secondary N) is 2. The van der Waals surface area contributed by atoms with E-state index in [2.05, 4.69) is 22.8 Å². The number of hydrogen-bond donors (Lipinski definition) is 3. The van der Waals surface area contributed by atoms with Crippen LogP contribution in [0.15, 0.2) is 24.3 Å². The molecule has 2 rings (SSSR count). The number of nitrogens with two attached hydrogens (primary N) is 1. The highest BCUT2D eigenvalue weighted by molar-refractivity contribution is 5.77. The fourth-order valence-electron chi connectivity index (χ4n) is 2.17. The topological polar surface area (TPSA) is 67.2 Å². The number of carbonyl (C=O) groups excluding carboxylic acids is 1. The molecule has 1 aromatic carbocycles. The molecule has 0 aromatic heterocycles. The summed E-state index contributed by atoms with van der Waals surface area (Å²) < 4.78 is 0. The molecule has 1 amide bonds. The molecule has 4 N–H and O–H groups in total. The standard InChI is InChI=1S/C12H17N3O/c1-14-12(16)7-15-11-6-10(13)8-4-2-3-5-9(8)11/h2-5,10-11,15H,6-7,13H2,1H3,(H,14,16). The minimum absolute atomic E-state index is 0.00190. The highest BCUT2D eigenvalue weighted by Crippen LogP contribution is 2.36. The molecule has 86 valence electrons. The van der Waals surface area contributed by atoms with Crippen LogP contribution in [-0.4, -0.2) is 19.5 Å². The molecule has 0 bridgehead atoms. The Morgan fingerprint density at radius 2 is 2.12 bits per heavy atom. The van der Waals surface area contributed by atoms with Crippen LogP contribution in [0.3, 0.4) is 0 Å². The lowest BCUT2D eigenvalue weighted by Crippen LogP contribution is -2.33. The van der Waals surface area contributed by atoms with Crippen LogP contribution in [0.2, 0.25) is 0 Å². The van der Waals surface area contributed by atoms with E-state index in [0.29, 0.717) is 6.54 Å². The van der Waals surface area contributed by atoms with Gasteiger partial charge in [-0.2, -0.15) is 0 Å². The molecular weight excluding hydrogens is 202 g/mol. The third-order valence-electron chi connectivity index (χ3n) is 3.05. The van der Waals surface area contributed by atoms with Gasteiger partial charge in [0.2, 0.25) is 5.91 Å². The van der Waals surface area contributed by atoms with Gasteiger partial charge in [0, 0.05) is 19.1 Å². The van der Waals surface area contributed by atoms with Crippen molar-refractivity contribution >= 4 is 5.91 Å². The van der Waals surface area contributed by atoms with Crippen LogP contribution in [-0.2, 0) is 4.79 Å². The van der Waals surface area contributed by atoms with Crippen LogP contribution >= 0.6 is 0 Å². The predicted octanol–water partition coefficient (Wildman–Crippen LogP) is 0.467. The van der Waals surface area contributed by atoms with Gasteiger partial charge in [0.1, 0.15) is 0 Å². The lowest BCUT2D eigenvalue weighted by molar-refractivity contribution is -0.119. The minimum Gasteiger partial charge on any atom is -0.358 e. The molecule has 4 heteroatoms. The first kappa shape index (κ1) is 11.1. The Morgan fingerprint density at radius 3 is 2.81 bits per heavy atom. The number of fused-ring (bicyclic) bond motifs is 1. The Hall–Kier alpha value is -1.39. The Kier molecular flexibility index (Phi) is 3.22. The van der Waals surface area contributed by atoms with Gasteiger partial charge in [-0.15, -0.1) is 0 Å². The fraction of sp³-hybridized carbons (Fsp3) is 0.417. The van der Waals surface area contributed by atoms with Crippen LogP contribution in [0.5, 0.6) is 0 Å². The predicted molar refractivity (Wildman–Crippen MR) is 62.8 cm³/mol. The third-order valence-corrected chi connectivity index (χ3v) is 3.05. The van der Waals surface area contributed by atoms with Gasteiger partial charge in [-0.1, -0.05) is 24.3 Å². The molecule has 2 unspecified atom stereocenters. The van der Waals surface area contributed by atoms with Crippen molar-refractivity contribution in [3.63, 3.8) is 0 Å². The first-order chi connectivity index (χ1) is 7.72. The number of rotatable bonds is 3. The Bertz CT molecular complexity index is 392. The van der Waals surface area contributed by atoms with Crippen molar-refractivity contribution in [2.75, 3.05) is 13.6 Å². The molecule has 0 heterocycles. The summed E-state index contributed by atoms with van der Waals surface area (Å²) in [5.41, 5.74) is 8.45. The van der Waals surface area contributed by atoms with Crippen LogP contribution in [0, 0.1) is 0 Å². The van der Waals surface area contributed by atoms with E-state index in [4.69, 9.17) is 5.73 Å². The van der Waals surface area contributed by atoms with Crippen molar-refractivity contribution in [3.05, 3.63) is 35.4 Å². The van der Waals surface area contributed by atoms with Crippen molar-refractivity contribution in [2.45, 2.75) is 18.5 Å². The van der Waals surface area contributed by atoms with Crippen molar-refractivity contribution in [1.82, 2.24) is 10.6 Å².